The quantitative estimate of drug-likeness (QED) is 0.531. The van der Waals surface area contributed by atoms with Crippen molar-refractivity contribution in [3.63, 3.8) is 0 Å². The Balaban J connectivity index is 1.60. The maximum absolute atomic E-state index is 12.7. The molecule has 0 radical (unpaired) electrons. The number of imidazole rings is 1. The fourth-order valence-electron chi connectivity index (χ4n) is 2.62. The lowest BCUT2D eigenvalue weighted by Crippen LogP contribution is -2.32. The summed E-state index contributed by atoms with van der Waals surface area (Å²) in [6.07, 6.45) is 5.53. The third kappa shape index (κ3) is 5.50. The maximum atomic E-state index is 12.7. The highest BCUT2D eigenvalue weighted by atomic mass is 32.2. The Morgan fingerprint density at radius 3 is 2.85 bits per heavy atom. The summed E-state index contributed by atoms with van der Waals surface area (Å²) >= 11 is 1.40. The Labute approximate surface area is 162 Å². The van der Waals surface area contributed by atoms with Gasteiger partial charge < -0.3 is 13.9 Å². The highest BCUT2D eigenvalue weighted by molar-refractivity contribution is 7.99. The molecule has 2 aromatic heterocycles. The summed E-state index contributed by atoms with van der Waals surface area (Å²) in [4.78, 5) is 18.7. The minimum atomic E-state index is -0.0408. The van der Waals surface area contributed by atoms with E-state index in [1.807, 2.05) is 35.0 Å². The van der Waals surface area contributed by atoms with Crippen LogP contribution < -0.4 is 0 Å². The van der Waals surface area contributed by atoms with E-state index in [-0.39, 0.29) is 11.7 Å². The van der Waals surface area contributed by atoms with Gasteiger partial charge in [-0.15, -0.1) is 0 Å². The van der Waals surface area contributed by atoms with Gasteiger partial charge in [-0.25, -0.2) is 4.98 Å². The van der Waals surface area contributed by atoms with Crippen molar-refractivity contribution in [2.75, 3.05) is 12.3 Å². The van der Waals surface area contributed by atoms with Gasteiger partial charge in [-0.2, -0.15) is 5.26 Å². The van der Waals surface area contributed by atoms with Crippen molar-refractivity contribution in [1.82, 2.24) is 14.5 Å². The number of benzene rings is 1. The van der Waals surface area contributed by atoms with E-state index >= 15 is 0 Å². The van der Waals surface area contributed by atoms with Crippen LogP contribution in [0, 0.1) is 11.3 Å². The SMILES string of the molecule is N#CCCN(Cc1ccco1)C(=O)CSc1nccn1Cc1ccccc1. The molecule has 1 amide bonds. The van der Waals surface area contributed by atoms with E-state index < -0.39 is 0 Å². The third-order valence-electron chi connectivity index (χ3n) is 3.97. The van der Waals surface area contributed by atoms with Crippen LogP contribution in [-0.2, 0) is 17.9 Å². The van der Waals surface area contributed by atoms with Crippen molar-refractivity contribution in [2.24, 2.45) is 0 Å². The first-order chi connectivity index (χ1) is 13.3. The zero-order valence-corrected chi connectivity index (χ0v) is 15.6. The molecule has 0 spiro atoms. The van der Waals surface area contributed by atoms with Gasteiger partial charge in [0.15, 0.2) is 5.16 Å². The van der Waals surface area contributed by atoms with Crippen LogP contribution in [0.1, 0.15) is 17.7 Å². The molecule has 1 aromatic carbocycles. The second-order valence-electron chi connectivity index (χ2n) is 5.91. The second kappa shape index (κ2) is 9.64. The summed E-state index contributed by atoms with van der Waals surface area (Å²) in [5, 5.41) is 9.65. The third-order valence-corrected chi connectivity index (χ3v) is 4.96. The van der Waals surface area contributed by atoms with Crippen LogP contribution >= 0.6 is 11.8 Å². The number of hydrogen-bond acceptors (Lipinski definition) is 5. The number of amides is 1. The molecule has 0 fully saturated rings. The predicted octanol–water partition coefficient (Wildman–Crippen LogP) is 3.56. The Morgan fingerprint density at radius 2 is 2.11 bits per heavy atom. The number of nitriles is 1. The fourth-order valence-corrected chi connectivity index (χ4v) is 3.48. The van der Waals surface area contributed by atoms with E-state index in [4.69, 9.17) is 9.68 Å². The highest BCUT2D eigenvalue weighted by Crippen LogP contribution is 2.19. The monoisotopic (exact) mass is 380 g/mol. The van der Waals surface area contributed by atoms with Gasteiger partial charge in [0.2, 0.25) is 5.91 Å². The molecule has 3 rings (SSSR count). The average Bonchev–Trinajstić information content (AvgIpc) is 3.36. The minimum absolute atomic E-state index is 0.0408. The maximum Gasteiger partial charge on any atom is 0.233 e. The first kappa shape index (κ1) is 18.8. The van der Waals surface area contributed by atoms with Gasteiger partial charge in [-0.05, 0) is 17.7 Å². The van der Waals surface area contributed by atoms with Crippen molar-refractivity contribution in [2.45, 2.75) is 24.7 Å². The number of carbonyl (C=O) groups excluding carboxylic acids is 1. The number of rotatable bonds is 9. The summed E-state index contributed by atoms with van der Waals surface area (Å²) in [6, 6.07) is 15.8. The number of thioether (sulfide) groups is 1. The summed E-state index contributed by atoms with van der Waals surface area (Å²) in [6.45, 7) is 1.46. The molecule has 7 heteroatoms. The molecule has 0 saturated carbocycles. The van der Waals surface area contributed by atoms with Gasteiger partial charge in [-0.3, -0.25) is 4.79 Å². The predicted molar refractivity (Wildman–Crippen MR) is 103 cm³/mol. The van der Waals surface area contributed by atoms with Crippen molar-refractivity contribution in [1.29, 1.82) is 5.26 Å². The van der Waals surface area contributed by atoms with Crippen molar-refractivity contribution in [3.05, 3.63) is 72.4 Å². The Morgan fingerprint density at radius 1 is 1.26 bits per heavy atom. The standard InChI is InChI=1S/C20H20N4O2S/c21-9-5-11-23(15-18-8-4-13-26-18)19(25)16-27-20-22-10-12-24(20)14-17-6-2-1-3-7-17/h1-4,6-8,10,12-13H,5,11,14-16H2. The Bertz CT molecular complexity index is 884. The van der Waals surface area contributed by atoms with Gasteiger partial charge in [-0.1, -0.05) is 42.1 Å². The number of nitrogens with zero attached hydrogens (tertiary/aromatic N) is 4. The zero-order chi connectivity index (χ0) is 18.9. The van der Waals surface area contributed by atoms with Gasteiger partial charge in [0, 0.05) is 25.5 Å². The average molecular weight is 380 g/mol. The van der Waals surface area contributed by atoms with E-state index in [1.165, 1.54) is 17.3 Å². The lowest BCUT2D eigenvalue weighted by atomic mass is 10.2. The molecule has 0 atom stereocenters. The van der Waals surface area contributed by atoms with E-state index in [0.717, 1.165) is 5.16 Å². The molecule has 6 nitrogen and oxygen atoms in total. The molecule has 0 bridgehead atoms. The summed E-state index contributed by atoms with van der Waals surface area (Å²) in [7, 11) is 0. The molecule has 2 heterocycles. The van der Waals surface area contributed by atoms with Crippen LogP contribution in [0.2, 0.25) is 0 Å². The topological polar surface area (TPSA) is 75.1 Å². The van der Waals surface area contributed by atoms with Gasteiger partial charge in [0.05, 0.1) is 31.1 Å². The number of furan rings is 1. The molecular formula is C20H20N4O2S. The van der Waals surface area contributed by atoms with Crippen molar-refractivity contribution in [3.8, 4) is 6.07 Å². The number of hydrogen-bond donors (Lipinski definition) is 0. The molecule has 0 saturated heterocycles. The molecule has 0 N–H and O–H groups in total. The largest absolute Gasteiger partial charge is 0.467 e. The van der Waals surface area contributed by atoms with Crippen molar-refractivity contribution < 1.29 is 9.21 Å². The van der Waals surface area contributed by atoms with E-state index in [2.05, 4.69) is 23.2 Å². The number of carbonyl (C=O) groups is 1. The number of aromatic nitrogens is 2. The zero-order valence-electron chi connectivity index (χ0n) is 14.8. The summed E-state index contributed by atoms with van der Waals surface area (Å²) < 4.78 is 7.36. The molecule has 138 valence electrons. The molecule has 27 heavy (non-hydrogen) atoms. The second-order valence-corrected chi connectivity index (χ2v) is 6.86. The van der Waals surface area contributed by atoms with Gasteiger partial charge in [0.25, 0.3) is 0 Å². The normalized spacial score (nSPS) is 10.5. The molecule has 0 aliphatic carbocycles. The fraction of sp³-hybridized carbons (Fsp3) is 0.250. The van der Waals surface area contributed by atoms with Gasteiger partial charge in [0.1, 0.15) is 5.76 Å². The van der Waals surface area contributed by atoms with E-state index in [1.54, 1.807) is 23.4 Å². The van der Waals surface area contributed by atoms with Crippen LogP contribution in [0.5, 0.6) is 0 Å². The lowest BCUT2D eigenvalue weighted by Gasteiger charge is -2.20. The molecule has 0 aliphatic heterocycles. The van der Waals surface area contributed by atoms with E-state index in [9.17, 15) is 4.79 Å². The van der Waals surface area contributed by atoms with Crippen LogP contribution in [0.3, 0.4) is 0 Å². The molecular weight excluding hydrogens is 360 g/mol. The van der Waals surface area contributed by atoms with E-state index in [0.29, 0.717) is 31.8 Å². The van der Waals surface area contributed by atoms with Crippen molar-refractivity contribution >= 4 is 17.7 Å². The minimum Gasteiger partial charge on any atom is -0.467 e. The molecule has 0 aliphatic rings. The van der Waals surface area contributed by atoms with Crippen LogP contribution in [-0.4, -0.2) is 32.7 Å². The van der Waals surface area contributed by atoms with Crippen LogP contribution in [0.25, 0.3) is 0 Å². The molecule has 0 unspecified atom stereocenters. The summed E-state index contributed by atoms with van der Waals surface area (Å²) in [5.41, 5.74) is 1.18. The Kier molecular flexibility index (Phi) is 6.72. The van der Waals surface area contributed by atoms with Gasteiger partial charge >= 0.3 is 0 Å². The lowest BCUT2D eigenvalue weighted by molar-refractivity contribution is -0.129. The smallest absolute Gasteiger partial charge is 0.233 e. The highest BCUT2D eigenvalue weighted by Gasteiger charge is 2.17. The van der Waals surface area contributed by atoms with Crippen LogP contribution in [0.15, 0.2) is 70.7 Å². The summed E-state index contributed by atoms with van der Waals surface area (Å²) in [5.74, 6) is 0.926. The molecule has 3 aromatic rings. The van der Waals surface area contributed by atoms with Crippen LogP contribution in [0.4, 0.5) is 0 Å². The first-order valence-corrected chi connectivity index (χ1v) is 9.60. The first-order valence-electron chi connectivity index (χ1n) is 8.61. The Hall–Kier alpha value is -2.98.